The second kappa shape index (κ2) is 9.32. The van der Waals surface area contributed by atoms with E-state index in [0.717, 1.165) is 0 Å². The molecule has 0 unspecified atom stereocenters. The van der Waals surface area contributed by atoms with E-state index in [9.17, 15) is 14.0 Å². The van der Waals surface area contributed by atoms with Crippen molar-refractivity contribution in [1.29, 1.82) is 0 Å². The summed E-state index contributed by atoms with van der Waals surface area (Å²) in [7, 11) is 3.26. The van der Waals surface area contributed by atoms with Crippen LogP contribution in [-0.4, -0.2) is 40.6 Å². The van der Waals surface area contributed by atoms with Gasteiger partial charge in [-0.2, -0.15) is 5.10 Å². The van der Waals surface area contributed by atoms with Crippen LogP contribution in [-0.2, 0) is 4.79 Å². The molecule has 1 aromatic heterocycles. The third-order valence-corrected chi connectivity index (χ3v) is 5.07. The second-order valence-electron chi connectivity index (χ2n) is 6.89. The minimum Gasteiger partial charge on any atom is -0.345 e. The average Bonchev–Trinajstić information content (AvgIpc) is 3.00. The van der Waals surface area contributed by atoms with Gasteiger partial charge in [0, 0.05) is 31.4 Å². The van der Waals surface area contributed by atoms with Crippen LogP contribution in [0.25, 0.3) is 11.8 Å². The summed E-state index contributed by atoms with van der Waals surface area (Å²) in [4.78, 5) is 25.8. The molecule has 0 aliphatic rings. The Morgan fingerprint density at radius 2 is 1.81 bits per heavy atom. The van der Waals surface area contributed by atoms with Gasteiger partial charge in [0.15, 0.2) is 0 Å². The third kappa shape index (κ3) is 5.13. The molecule has 9 heteroatoms. The Bertz CT molecular complexity index is 1170. The summed E-state index contributed by atoms with van der Waals surface area (Å²) in [6, 6.07) is 10.4. The fourth-order valence-corrected chi connectivity index (χ4v) is 3.40. The summed E-state index contributed by atoms with van der Waals surface area (Å²) in [6.07, 6.45) is 2.86. The van der Waals surface area contributed by atoms with Crippen LogP contribution in [0.2, 0.25) is 10.2 Å². The molecule has 0 bridgehead atoms. The topological polar surface area (TPSA) is 67.2 Å². The van der Waals surface area contributed by atoms with Crippen molar-refractivity contribution in [2.45, 2.75) is 6.92 Å². The number of carbonyl (C=O) groups excluding carboxylic acids is 2. The molecule has 0 saturated heterocycles. The molecule has 0 spiro atoms. The van der Waals surface area contributed by atoms with E-state index >= 15 is 0 Å². The molecule has 1 heterocycles. The maximum Gasteiger partial charge on any atom is 0.254 e. The third-order valence-electron chi connectivity index (χ3n) is 4.39. The minimum absolute atomic E-state index is 0.231. The van der Waals surface area contributed by atoms with E-state index in [4.69, 9.17) is 23.2 Å². The summed E-state index contributed by atoms with van der Waals surface area (Å²) in [6.45, 7) is 1.75. The van der Waals surface area contributed by atoms with E-state index in [1.165, 1.54) is 33.9 Å². The fourth-order valence-electron chi connectivity index (χ4n) is 2.80. The molecule has 160 valence electrons. The molecule has 2 aromatic carbocycles. The van der Waals surface area contributed by atoms with Gasteiger partial charge >= 0.3 is 0 Å². The molecule has 3 aromatic rings. The fraction of sp³-hybridized carbons (Fsp3) is 0.136. The van der Waals surface area contributed by atoms with Crippen molar-refractivity contribution in [3.63, 3.8) is 0 Å². The van der Waals surface area contributed by atoms with E-state index in [0.29, 0.717) is 33.3 Å². The van der Waals surface area contributed by atoms with E-state index in [-0.39, 0.29) is 16.7 Å². The van der Waals surface area contributed by atoms with Gasteiger partial charge in [-0.3, -0.25) is 9.59 Å². The Balaban J connectivity index is 1.75. The summed E-state index contributed by atoms with van der Waals surface area (Å²) < 4.78 is 14.6. The molecule has 0 aliphatic heterocycles. The van der Waals surface area contributed by atoms with E-state index < -0.39 is 5.91 Å². The number of aryl methyl sites for hydroxylation is 1. The largest absolute Gasteiger partial charge is 0.345 e. The number of carbonyl (C=O) groups is 2. The Labute approximate surface area is 188 Å². The highest BCUT2D eigenvalue weighted by molar-refractivity contribution is 6.34. The van der Waals surface area contributed by atoms with Crippen LogP contribution in [0.1, 0.15) is 21.6 Å². The molecule has 2 amide bonds. The van der Waals surface area contributed by atoms with Crippen LogP contribution in [0, 0.1) is 12.7 Å². The Kier molecular flexibility index (Phi) is 6.77. The van der Waals surface area contributed by atoms with Crippen molar-refractivity contribution in [1.82, 2.24) is 14.7 Å². The number of aromatic nitrogens is 2. The Morgan fingerprint density at radius 3 is 2.42 bits per heavy atom. The first-order chi connectivity index (χ1) is 14.7. The second-order valence-corrected chi connectivity index (χ2v) is 7.66. The quantitative estimate of drug-likeness (QED) is 0.545. The SMILES string of the molecule is Cc1nn(-c2ccc(F)cc2)c(Cl)c1C=CC(=O)Nc1ccc(C(=O)N(C)C)c(Cl)c1. The normalized spacial score (nSPS) is 11.0. The zero-order valence-electron chi connectivity index (χ0n) is 17.0. The lowest BCUT2D eigenvalue weighted by molar-refractivity contribution is -0.111. The highest BCUT2D eigenvalue weighted by Crippen LogP contribution is 2.25. The number of nitrogens with one attached hydrogen (secondary N) is 1. The molecule has 1 N–H and O–H groups in total. The first kappa shape index (κ1) is 22.5. The monoisotopic (exact) mass is 460 g/mol. The van der Waals surface area contributed by atoms with Gasteiger partial charge < -0.3 is 10.2 Å². The zero-order valence-corrected chi connectivity index (χ0v) is 18.5. The number of hydrogen-bond donors (Lipinski definition) is 1. The predicted molar refractivity (Wildman–Crippen MR) is 120 cm³/mol. The van der Waals surface area contributed by atoms with Gasteiger partial charge in [0.25, 0.3) is 5.91 Å². The van der Waals surface area contributed by atoms with E-state index in [2.05, 4.69) is 10.4 Å². The number of halogens is 3. The molecule has 0 saturated carbocycles. The highest BCUT2D eigenvalue weighted by Gasteiger charge is 2.14. The van der Waals surface area contributed by atoms with Gasteiger partial charge in [0.2, 0.25) is 5.91 Å². The van der Waals surface area contributed by atoms with Crippen LogP contribution in [0.3, 0.4) is 0 Å². The number of anilines is 1. The molecule has 0 aliphatic carbocycles. The van der Waals surface area contributed by atoms with Crippen molar-refractivity contribution in [3.05, 3.63) is 81.4 Å². The minimum atomic E-state index is -0.409. The summed E-state index contributed by atoms with van der Waals surface area (Å²) in [5.74, 6) is -1.00. The lowest BCUT2D eigenvalue weighted by atomic mass is 10.2. The number of hydrogen-bond acceptors (Lipinski definition) is 3. The smallest absolute Gasteiger partial charge is 0.254 e. The standard InChI is InChI=1S/C22H19Cl2FN4O2/c1-13-17(21(24)29(27-13)16-7-4-14(25)5-8-16)10-11-20(30)26-15-6-9-18(19(23)12-15)22(31)28(2)3/h4-12H,1-3H3,(H,26,30). The molecular weight excluding hydrogens is 442 g/mol. The number of amides is 2. The summed E-state index contributed by atoms with van der Waals surface area (Å²) in [5.41, 5.74) is 2.55. The maximum atomic E-state index is 13.2. The van der Waals surface area contributed by atoms with Crippen molar-refractivity contribution < 1.29 is 14.0 Å². The molecule has 31 heavy (non-hydrogen) atoms. The zero-order chi connectivity index (χ0) is 22.7. The lowest BCUT2D eigenvalue weighted by Crippen LogP contribution is -2.22. The molecule has 0 atom stereocenters. The predicted octanol–water partition coefficient (Wildman–Crippen LogP) is 4.98. The molecule has 0 fully saturated rings. The van der Waals surface area contributed by atoms with Crippen molar-refractivity contribution >= 4 is 46.8 Å². The van der Waals surface area contributed by atoms with Gasteiger partial charge in [0.1, 0.15) is 11.0 Å². The number of rotatable bonds is 5. The Morgan fingerprint density at radius 1 is 1.13 bits per heavy atom. The van der Waals surface area contributed by atoms with Gasteiger partial charge in [-0.15, -0.1) is 0 Å². The first-order valence-corrected chi connectivity index (χ1v) is 9.94. The lowest BCUT2D eigenvalue weighted by Gasteiger charge is -2.12. The van der Waals surface area contributed by atoms with Gasteiger partial charge in [-0.1, -0.05) is 23.2 Å². The maximum absolute atomic E-state index is 13.2. The molecular formula is C22H19Cl2FN4O2. The summed E-state index contributed by atoms with van der Waals surface area (Å²) >= 11 is 12.6. The van der Waals surface area contributed by atoms with Crippen LogP contribution >= 0.6 is 23.2 Å². The number of benzene rings is 2. The van der Waals surface area contributed by atoms with Crippen molar-refractivity contribution in [2.75, 3.05) is 19.4 Å². The van der Waals surface area contributed by atoms with Gasteiger partial charge in [-0.05, 0) is 55.5 Å². The number of nitrogens with zero attached hydrogens (tertiary/aromatic N) is 3. The highest BCUT2D eigenvalue weighted by atomic mass is 35.5. The van der Waals surface area contributed by atoms with Crippen molar-refractivity contribution in [2.24, 2.45) is 0 Å². The van der Waals surface area contributed by atoms with E-state index in [1.54, 1.807) is 51.4 Å². The van der Waals surface area contributed by atoms with Gasteiger partial charge in [-0.25, -0.2) is 9.07 Å². The summed E-state index contributed by atoms with van der Waals surface area (Å²) in [5, 5.41) is 7.57. The molecule has 6 nitrogen and oxygen atoms in total. The van der Waals surface area contributed by atoms with Crippen LogP contribution in [0.15, 0.2) is 48.5 Å². The van der Waals surface area contributed by atoms with Gasteiger partial charge in [0.05, 0.1) is 22.0 Å². The van der Waals surface area contributed by atoms with Crippen molar-refractivity contribution in [3.8, 4) is 5.69 Å². The van der Waals surface area contributed by atoms with Crippen LogP contribution < -0.4 is 5.32 Å². The molecule has 0 radical (unpaired) electrons. The molecule has 3 rings (SSSR count). The van der Waals surface area contributed by atoms with Crippen LogP contribution in [0.4, 0.5) is 10.1 Å². The first-order valence-electron chi connectivity index (χ1n) is 9.18. The average molecular weight is 461 g/mol. The Hall–Kier alpha value is -3.16. The van der Waals surface area contributed by atoms with Crippen LogP contribution in [0.5, 0.6) is 0 Å². The van der Waals surface area contributed by atoms with E-state index in [1.807, 2.05) is 0 Å².